The van der Waals surface area contributed by atoms with Gasteiger partial charge in [-0.2, -0.15) is 0 Å². The summed E-state index contributed by atoms with van der Waals surface area (Å²) in [7, 11) is 0. The molecule has 2 aliphatic rings. The number of aliphatic hydroxyl groups excluding tert-OH is 2. The van der Waals surface area contributed by atoms with Crippen LogP contribution in [0.2, 0.25) is 0 Å². The Balaban J connectivity index is 2.37. The molecule has 0 aromatic rings. The summed E-state index contributed by atoms with van der Waals surface area (Å²) in [5, 5.41) is 21.8. The molecule has 0 aliphatic heterocycles. The van der Waals surface area contributed by atoms with Crippen LogP contribution < -0.4 is 0 Å². The number of carbonyl (C=O) groups is 2. The second-order valence-corrected chi connectivity index (χ2v) is 10.1. The van der Waals surface area contributed by atoms with Crippen LogP contribution in [0.4, 0.5) is 0 Å². The van der Waals surface area contributed by atoms with Crippen molar-refractivity contribution in [2.24, 2.45) is 23.2 Å². The lowest BCUT2D eigenvalue weighted by molar-refractivity contribution is -0.193. The molecule has 0 radical (unpaired) electrons. The number of ether oxygens (including phenoxy) is 1. The topological polar surface area (TPSA) is 83.8 Å². The molecule has 0 bridgehead atoms. The zero-order valence-corrected chi connectivity index (χ0v) is 19.6. The zero-order chi connectivity index (χ0) is 22.5. The van der Waals surface area contributed by atoms with Crippen molar-refractivity contribution in [1.29, 1.82) is 0 Å². The molecule has 2 aliphatic carbocycles. The molecular formula is C25H42O5. The summed E-state index contributed by atoms with van der Waals surface area (Å²) in [6.07, 6.45) is 8.97. The predicted octanol–water partition coefficient (Wildman–Crippen LogP) is 5.50. The van der Waals surface area contributed by atoms with Gasteiger partial charge in [-0.3, -0.25) is 9.59 Å². The smallest absolute Gasteiger partial charge is 0.303 e. The Morgan fingerprint density at radius 2 is 1.87 bits per heavy atom. The van der Waals surface area contributed by atoms with Crippen molar-refractivity contribution in [3.05, 3.63) is 11.8 Å². The number of aliphatic hydroxyl groups is 2. The minimum Gasteiger partial charge on any atom is -0.512 e. The Bertz CT molecular complexity index is 629. The summed E-state index contributed by atoms with van der Waals surface area (Å²) in [6, 6.07) is 0. The van der Waals surface area contributed by atoms with E-state index in [1.807, 2.05) is 6.92 Å². The molecule has 0 aromatic carbocycles. The molecule has 2 rings (SSSR count). The van der Waals surface area contributed by atoms with Gasteiger partial charge in [-0.15, -0.1) is 0 Å². The van der Waals surface area contributed by atoms with Gasteiger partial charge in [0.25, 0.3) is 0 Å². The lowest BCUT2D eigenvalue weighted by Crippen LogP contribution is -2.59. The number of unbranched alkanes of at least 4 members (excludes halogenated alkanes) is 4. The first-order valence-electron chi connectivity index (χ1n) is 11.9. The van der Waals surface area contributed by atoms with Crippen LogP contribution in [0.3, 0.4) is 0 Å². The van der Waals surface area contributed by atoms with Crippen LogP contribution >= 0.6 is 0 Å². The third kappa shape index (κ3) is 4.92. The minimum atomic E-state index is -1.50. The molecular weight excluding hydrogens is 380 g/mol. The van der Waals surface area contributed by atoms with E-state index < -0.39 is 29.0 Å². The minimum absolute atomic E-state index is 0.00157. The second-order valence-electron chi connectivity index (χ2n) is 10.1. The second kappa shape index (κ2) is 10.3. The molecule has 172 valence electrons. The third-order valence-corrected chi connectivity index (χ3v) is 7.64. The molecule has 0 saturated heterocycles. The van der Waals surface area contributed by atoms with Gasteiger partial charge >= 0.3 is 5.97 Å². The van der Waals surface area contributed by atoms with Crippen molar-refractivity contribution in [3.63, 3.8) is 0 Å². The van der Waals surface area contributed by atoms with Gasteiger partial charge in [-0.05, 0) is 56.4 Å². The van der Waals surface area contributed by atoms with Crippen LogP contribution in [0.5, 0.6) is 0 Å². The Kier molecular flexibility index (Phi) is 8.55. The lowest BCUT2D eigenvalue weighted by atomic mass is 9.57. The summed E-state index contributed by atoms with van der Waals surface area (Å²) < 4.78 is 5.85. The van der Waals surface area contributed by atoms with Crippen molar-refractivity contribution in [2.75, 3.05) is 0 Å². The average molecular weight is 423 g/mol. The Morgan fingerprint density at radius 3 is 2.40 bits per heavy atom. The van der Waals surface area contributed by atoms with E-state index in [0.717, 1.165) is 51.4 Å². The SMILES string of the molecule is CCCCCC/C=C(\O)C1C(O)CC(=O)C1(OC(C)=O)C1(C)CCC(C(C)C)CC1. The lowest BCUT2D eigenvalue weighted by Gasteiger charge is -2.51. The van der Waals surface area contributed by atoms with Crippen LogP contribution in [-0.4, -0.2) is 33.7 Å². The van der Waals surface area contributed by atoms with E-state index in [1.54, 1.807) is 6.08 Å². The maximum atomic E-state index is 13.3. The van der Waals surface area contributed by atoms with E-state index in [4.69, 9.17) is 4.74 Å². The molecule has 2 N–H and O–H groups in total. The summed E-state index contributed by atoms with van der Waals surface area (Å²) >= 11 is 0. The summed E-state index contributed by atoms with van der Waals surface area (Å²) in [6.45, 7) is 9.90. The fourth-order valence-electron chi connectivity index (χ4n) is 5.75. The molecule has 2 fully saturated rings. The van der Waals surface area contributed by atoms with Crippen molar-refractivity contribution < 1.29 is 24.5 Å². The number of carbonyl (C=O) groups excluding carboxylic acids is 2. The standard InChI is InChI=1S/C25H42O5/c1-6-7-8-9-10-11-20(27)23-21(28)16-22(29)25(23,30-18(4)26)24(5)14-12-19(13-15-24)17(2)3/h11,17,19,21,23,27-28H,6-10,12-16H2,1-5H3/b20-11-. The Hall–Kier alpha value is -1.36. The number of hydrogen-bond acceptors (Lipinski definition) is 5. The van der Waals surface area contributed by atoms with E-state index in [2.05, 4.69) is 20.8 Å². The van der Waals surface area contributed by atoms with Crippen LogP contribution in [-0.2, 0) is 14.3 Å². The van der Waals surface area contributed by atoms with E-state index in [0.29, 0.717) is 18.3 Å². The molecule has 0 amide bonds. The Labute approximate surface area is 182 Å². The van der Waals surface area contributed by atoms with Gasteiger partial charge in [0.15, 0.2) is 11.4 Å². The normalized spacial score (nSPS) is 35.1. The molecule has 0 aromatic heterocycles. The van der Waals surface area contributed by atoms with Crippen molar-refractivity contribution >= 4 is 11.8 Å². The van der Waals surface area contributed by atoms with Crippen LogP contribution in [0.15, 0.2) is 11.8 Å². The predicted molar refractivity (Wildman–Crippen MR) is 118 cm³/mol. The van der Waals surface area contributed by atoms with E-state index in [-0.39, 0.29) is 18.0 Å². The molecule has 5 heteroatoms. The number of ketones is 1. The van der Waals surface area contributed by atoms with Crippen LogP contribution in [0.1, 0.15) is 98.8 Å². The van der Waals surface area contributed by atoms with Gasteiger partial charge in [-0.25, -0.2) is 0 Å². The van der Waals surface area contributed by atoms with Gasteiger partial charge in [0.1, 0.15) is 0 Å². The highest BCUT2D eigenvalue weighted by Crippen LogP contribution is 2.57. The quantitative estimate of drug-likeness (QED) is 0.291. The molecule has 3 unspecified atom stereocenters. The molecule has 2 saturated carbocycles. The highest BCUT2D eigenvalue weighted by Gasteiger charge is 2.67. The molecule has 30 heavy (non-hydrogen) atoms. The number of Topliss-reactive ketones (excluding diaryl/α,β-unsaturated/α-hetero) is 1. The van der Waals surface area contributed by atoms with Crippen molar-refractivity contribution in [1.82, 2.24) is 0 Å². The highest BCUT2D eigenvalue weighted by molar-refractivity contribution is 5.94. The summed E-state index contributed by atoms with van der Waals surface area (Å²) in [5.74, 6) is -0.539. The first-order chi connectivity index (χ1) is 14.1. The Morgan fingerprint density at radius 1 is 1.23 bits per heavy atom. The summed E-state index contributed by atoms with van der Waals surface area (Å²) in [5.41, 5.74) is -2.10. The fourth-order valence-corrected chi connectivity index (χ4v) is 5.75. The first kappa shape index (κ1) is 24.9. The monoisotopic (exact) mass is 422 g/mol. The highest BCUT2D eigenvalue weighted by atomic mass is 16.6. The first-order valence-corrected chi connectivity index (χ1v) is 11.9. The van der Waals surface area contributed by atoms with E-state index in [9.17, 15) is 19.8 Å². The number of rotatable bonds is 9. The summed E-state index contributed by atoms with van der Waals surface area (Å²) in [4.78, 5) is 25.5. The van der Waals surface area contributed by atoms with Gasteiger partial charge in [0, 0.05) is 18.8 Å². The molecule has 0 heterocycles. The van der Waals surface area contributed by atoms with Gasteiger partial charge in [0.2, 0.25) is 0 Å². The van der Waals surface area contributed by atoms with E-state index >= 15 is 0 Å². The van der Waals surface area contributed by atoms with Crippen molar-refractivity contribution in [2.45, 2.75) is 111 Å². The number of esters is 1. The fraction of sp³-hybridized carbons (Fsp3) is 0.840. The molecule has 5 nitrogen and oxygen atoms in total. The van der Waals surface area contributed by atoms with E-state index in [1.165, 1.54) is 6.92 Å². The largest absolute Gasteiger partial charge is 0.512 e. The zero-order valence-electron chi connectivity index (χ0n) is 19.6. The number of hydrogen-bond donors (Lipinski definition) is 2. The molecule has 3 atom stereocenters. The maximum Gasteiger partial charge on any atom is 0.303 e. The van der Waals surface area contributed by atoms with Crippen LogP contribution in [0.25, 0.3) is 0 Å². The van der Waals surface area contributed by atoms with Crippen LogP contribution in [0, 0.1) is 23.2 Å². The third-order valence-electron chi connectivity index (χ3n) is 7.64. The van der Waals surface area contributed by atoms with Gasteiger partial charge in [-0.1, -0.05) is 47.0 Å². The molecule has 0 spiro atoms. The van der Waals surface area contributed by atoms with Gasteiger partial charge in [0.05, 0.1) is 17.8 Å². The van der Waals surface area contributed by atoms with Gasteiger partial charge < -0.3 is 14.9 Å². The maximum absolute atomic E-state index is 13.3. The average Bonchev–Trinajstić information content (AvgIpc) is 2.92. The number of allylic oxidation sites excluding steroid dienone is 1. The van der Waals surface area contributed by atoms with Crippen molar-refractivity contribution in [3.8, 4) is 0 Å².